The van der Waals surface area contributed by atoms with Gasteiger partial charge in [0.05, 0.1) is 0 Å². The van der Waals surface area contributed by atoms with Crippen molar-refractivity contribution in [2.45, 2.75) is 44.3 Å². The highest BCUT2D eigenvalue weighted by Crippen LogP contribution is 2.22. The van der Waals surface area contributed by atoms with E-state index < -0.39 is 0 Å². The van der Waals surface area contributed by atoms with E-state index in [9.17, 15) is 9.59 Å². The van der Waals surface area contributed by atoms with Crippen molar-refractivity contribution < 1.29 is 9.59 Å². The zero-order valence-corrected chi connectivity index (χ0v) is 10.8. The fourth-order valence-corrected chi connectivity index (χ4v) is 2.79. The zero-order valence-electron chi connectivity index (χ0n) is 9.07. The van der Waals surface area contributed by atoms with Crippen LogP contribution in [-0.4, -0.2) is 22.0 Å². The number of hydrogen-bond donors (Lipinski definition) is 2. The van der Waals surface area contributed by atoms with Crippen LogP contribution in [0.5, 0.6) is 0 Å². The summed E-state index contributed by atoms with van der Waals surface area (Å²) >= 11 is 5.54. The van der Waals surface area contributed by atoms with Crippen LogP contribution in [0.3, 0.4) is 0 Å². The first-order valence-corrected chi connectivity index (χ1v) is 6.64. The second kappa shape index (κ2) is 9.09. The summed E-state index contributed by atoms with van der Waals surface area (Å²) in [6.45, 7) is 1.58. The van der Waals surface area contributed by atoms with Gasteiger partial charge in [-0.25, -0.2) is 0 Å². The molecule has 0 aromatic rings. The van der Waals surface area contributed by atoms with Crippen LogP contribution in [0.25, 0.3) is 0 Å². The standard InChI is InChI=1S/C10H19NO2S2/c1-8(12)15-9(6-7-14)4-2-3-5-10(11)13/h9,14H,2-7H2,1H3,(H2,11,13). The van der Waals surface area contributed by atoms with E-state index in [1.807, 2.05) is 0 Å². The molecule has 1 unspecified atom stereocenters. The highest BCUT2D eigenvalue weighted by atomic mass is 32.2. The van der Waals surface area contributed by atoms with Gasteiger partial charge in [0.2, 0.25) is 5.91 Å². The van der Waals surface area contributed by atoms with Crippen molar-refractivity contribution in [3.8, 4) is 0 Å². The van der Waals surface area contributed by atoms with Crippen molar-refractivity contribution in [3.63, 3.8) is 0 Å². The Hall–Kier alpha value is -0.160. The van der Waals surface area contributed by atoms with E-state index in [1.54, 1.807) is 6.92 Å². The Balaban J connectivity index is 3.65. The summed E-state index contributed by atoms with van der Waals surface area (Å²) in [5.74, 6) is 0.542. The van der Waals surface area contributed by atoms with E-state index in [1.165, 1.54) is 11.8 Å². The Labute approximate surface area is 101 Å². The second-order valence-corrected chi connectivity index (χ2v) is 5.38. The molecule has 0 aromatic heterocycles. The van der Waals surface area contributed by atoms with Crippen LogP contribution in [0.4, 0.5) is 0 Å². The lowest BCUT2D eigenvalue weighted by Gasteiger charge is -2.12. The summed E-state index contributed by atoms with van der Waals surface area (Å²) in [5.41, 5.74) is 5.04. The molecule has 1 atom stereocenters. The van der Waals surface area contributed by atoms with E-state index in [0.29, 0.717) is 11.7 Å². The highest BCUT2D eigenvalue weighted by molar-refractivity contribution is 8.14. The molecule has 0 aromatic carbocycles. The minimum Gasteiger partial charge on any atom is -0.370 e. The van der Waals surface area contributed by atoms with Gasteiger partial charge in [-0.15, -0.1) is 0 Å². The van der Waals surface area contributed by atoms with Gasteiger partial charge in [0.1, 0.15) is 0 Å². The first-order valence-electron chi connectivity index (χ1n) is 5.12. The molecule has 0 rings (SSSR count). The summed E-state index contributed by atoms with van der Waals surface area (Å²) in [7, 11) is 0. The van der Waals surface area contributed by atoms with E-state index >= 15 is 0 Å². The van der Waals surface area contributed by atoms with Gasteiger partial charge in [0.25, 0.3) is 0 Å². The maximum absolute atomic E-state index is 10.9. The Morgan fingerprint density at radius 1 is 1.33 bits per heavy atom. The largest absolute Gasteiger partial charge is 0.370 e. The van der Waals surface area contributed by atoms with Crippen LogP contribution in [0, 0.1) is 0 Å². The molecule has 0 heterocycles. The number of amides is 1. The molecule has 0 aliphatic carbocycles. The quantitative estimate of drug-likeness (QED) is 0.511. The number of thioether (sulfide) groups is 1. The molecule has 0 radical (unpaired) electrons. The number of carbonyl (C=O) groups is 2. The van der Waals surface area contributed by atoms with Crippen LogP contribution in [0.1, 0.15) is 39.0 Å². The predicted molar refractivity (Wildman–Crippen MR) is 68.2 cm³/mol. The second-order valence-electron chi connectivity index (χ2n) is 3.46. The molecule has 88 valence electrons. The normalized spacial score (nSPS) is 12.4. The summed E-state index contributed by atoms with van der Waals surface area (Å²) in [6, 6.07) is 0. The summed E-state index contributed by atoms with van der Waals surface area (Å²) in [6.07, 6.45) is 4.10. The van der Waals surface area contributed by atoms with Crippen LogP contribution in [0.15, 0.2) is 0 Å². The Kier molecular flexibility index (Phi) is 9.00. The molecule has 0 fully saturated rings. The van der Waals surface area contributed by atoms with Gasteiger partial charge in [0, 0.05) is 18.6 Å². The van der Waals surface area contributed by atoms with Gasteiger partial charge in [-0.05, 0) is 25.0 Å². The molecule has 2 N–H and O–H groups in total. The van der Waals surface area contributed by atoms with Crippen LogP contribution in [0.2, 0.25) is 0 Å². The van der Waals surface area contributed by atoms with Crippen molar-refractivity contribution in [1.82, 2.24) is 0 Å². The van der Waals surface area contributed by atoms with E-state index in [0.717, 1.165) is 31.4 Å². The van der Waals surface area contributed by atoms with Crippen LogP contribution < -0.4 is 5.73 Å². The molecule has 0 aliphatic rings. The number of rotatable bonds is 8. The molecule has 0 spiro atoms. The number of thiol groups is 1. The smallest absolute Gasteiger partial charge is 0.217 e. The molecule has 5 heteroatoms. The van der Waals surface area contributed by atoms with Crippen molar-refractivity contribution in [2.24, 2.45) is 5.73 Å². The molecular weight excluding hydrogens is 230 g/mol. The van der Waals surface area contributed by atoms with E-state index in [4.69, 9.17) is 5.73 Å². The molecule has 0 aliphatic heterocycles. The maximum Gasteiger partial charge on any atom is 0.217 e. The fraction of sp³-hybridized carbons (Fsp3) is 0.800. The predicted octanol–water partition coefficient (Wildman–Crippen LogP) is 2.00. The van der Waals surface area contributed by atoms with Crippen LogP contribution >= 0.6 is 24.4 Å². The minimum absolute atomic E-state index is 0.150. The highest BCUT2D eigenvalue weighted by Gasteiger charge is 2.11. The lowest BCUT2D eigenvalue weighted by molar-refractivity contribution is -0.118. The molecule has 0 saturated heterocycles. The summed E-state index contributed by atoms with van der Waals surface area (Å²) in [4.78, 5) is 21.4. The Bertz CT molecular complexity index is 210. The Morgan fingerprint density at radius 3 is 2.47 bits per heavy atom. The summed E-state index contributed by atoms with van der Waals surface area (Å²) < 4.78 is 0. The lowest BCUT2D eigenvalue weighted by atomic mass is 10.1. The topological polar surface area (TPSA) is 60.2 Å². The van der Waals surface area contributed by atoms with E-state index in [-0.39, 0.29) is 11.0 Å². The minimum atomic E-state index is -0.250. The Morgan fingerprint density at radius 2 is 2.00 bits per heavy atom. The fourth-order valence-electron chi connectivity index (χ4n) is 1.31. The zero-order chi connectivity index (χ0) is 11.7. The van der Waals surface area contributed by atoms with Crippen molar-refractivity contribution in [2.75, 3.05) is 5.75 Å². The van der Waals surface area contributed by atoms with Gasteiger partial charge in [-0.3, -0.25) is 9.59 Å². The average Bonchev–Trinajstić information content (AvgIpc) is 2.11. The number of unbranched alkanes of at least 4 members (excludes halogenated alkanes) is 1. The van der Waals surface area contributed by atoms with Gasteiger partial charge in [-0.2, -0.15) is 12.6 Å². The maximum atomic E-state index is 10.9. The molecular formula is C10H19NO2S2. The van der Waals surface area contributed by atoms with Gasteiger partial charge >= 0.3 is 0 Å². The molecule has 0 bridgehead atoms. The van der Waals surface area contributed by atoms with Gasteiger partial charge in [0.15, 0.2) is 5.12 Å². The lowest BCUT2D eigenvalue weighted by Crippen LogP contribution is -2.11. The van der Waals surface area contributed by atoms with E-state index in [2.05, 4.69) is 12.6 Å². The molecule has 0 saturated carbocycles. The van der Waals surface area contributed by atoms with Crippen molar-refractivity contribution in [3.05, 3.63) is 0 Å². The first-order chi connectivity index (χ1) is 7.06. The molecule has 1 amide bonds. The van der Waals surface area contributed by atoms with Crippen molar-refractivity contribution >= 4 is 35.4 Å². The van der Waals surface area contributed by atoms with Crippen LogP contribution in [-0.2, 0) is 9.59 Å². The van der Waals surface area contributed by atoms with Gasteiger partial charge < -0.3 is 5.73 Å². The average molecular weight is 249 g/mol. The molecule has 15 heavy (non-hydrogen) atoms. The third-order valence-corrected chi connectivity index (χ3v) is 3.38. The SMILES string of the molecule is CC(=O)SC(CCS)CCCCC(N)=O. The van der Waals surface area contributed by atoms with Crippen molar-refractivity contribution in [1.29, 1.82) is 0 Å². The number of hydrogen-bond acceptors (Lipinski definition) is 4. The summed E-state index contributed by atoms with van der Waals surface area (Å²) in [5, 5.41) is 0.490. The number of primary amides is 1. The number of carbonyl (C=O) groups excluding carboxylic acids is 2. The van der Waals surface area contributed by atoms with Gasteiger partial charge in [-0.1, -0.05) is 18.2 Å². The first kappa shape index (κ1) is 14.8. The number of nitrogens with two attached hydrogens (primary N) is 1. The monoisotopic (exact) mass is 249 g/mol. The molecule has 3 nitrogen and oxygen atoms in total. The third-order valence-electron chi connectivity index (χ3n) is 1.98. The third kappa shape index (κ3) is 10.1.